The van der Waals surface area contributed by atoms with Gasteiger partial charge >= 0.3 is 5.97 Å². The monoisotopic (exact) mass is 326 g/mol. The van der Waals surface area contributed by atoms with Crippen LogP contribution < -0.4 is 9.47 Å². The van der Waals surface area contributed by atoms with Crippen LogP contribution in [0.5, 0.6) is 11.5 Å². The van der Waals surface area contributed by atoms with Crippen LogP contribution in [0.2, 0.25) is 0 Å². The fourth-order valence-corrected chi connectivity index (χ4v) is 2.93. The molecule has 1 heterocycles. The summed E-state index contributed by atoms with van der Waals surface area (Å²) in [4.78, 5) is 24.7. The van der Waals surface area contributed by atoms with Gasteiger partial charge in [0.2, 0.25) is 0 Å². The van der Waals surface area contributed by atoms with Crippen LogP contribution in [0.1, 0.15) is 28.3 Å². The first kappa shape index (κ1) is 16.1. The average molecular weight is 326 g/mol. The number of ether oxygens (including phenoxy) is 3. The summed E-state index contributed by atoms with van der Waals surface area (Å²) in [6, 6.07) is 14.3. The van der Waals surface area contributed by atoms with Crippen molar-refractivity contribution in [1.29, 1.82) is 0 Å². The lowest BCUT2D eigenvalue weighted by molar-refractivity contribution is -0.142. The van der Waals surface area contributed by atoms with Gasteiger partial charge in [-0.2, -0.15) is 0 Å². The zero-order valence-electron chi connectivity index (χ0n) is 13.5. The molecule has 124 valence electrons. The van der Waals surface area contributed by atoms with E-state index in [9.17, 15) is 9.59 Å². The minimum Gasteiger partial charge on any atom is -0.497 e. The molecule has 5 nitrogen and oxygen atoms in total. The zero-order chi connectivity index (χ0) is 17.1. The van der Waals surface area contributed by atoms with Crippen LogP contribution in [-0.4, -0.2) is 32.1 Å². The summed E-state index contributed by atoms with van der Waals surface area (Å²) in [5.74, 6) is 0.296. The first-order valence-corrected chi connectivity index (χ1v) is 7.64. The summed E-state index contributed by atoms with van der Waals surface area (Å²) in [5, 5.41) is 0. The largest absolute Gasteiger partial charge is 0.497 e. The Balaban J connectivity index is 1.93. The molecule has 0 amide bonds. The maximum Gasteiger partial charge on any atom is 0.309 e. The zero-order valence-corrected chi connectivity index (χ0v) is 13.5. The average Bonchev–Trinajstić information content (AvgIpc) is 2.98. The van der Waals surface area contributed by atoms with Crippen LogP contribution in [-0.2, 0) is 9.53 Å². The van der Waals surface area contributed by atoms with Crippen molar-refractivity contribution in [2.24, 2.45) is 0 Å². The molecule has 1 aliphatic heterocycles. The number of esters is 1. The quantitative estimate of drug-likeness (QED) is 0.624. The van der Waals surface area contributed by atoms with Crippen molar-refractivity contribution in [3.05, 3.63) is 59.7 Å². The normalized spacial score (nSPS) is 18.4. The molecule has 2 unspecified atom stereocenters. The molecule has 0 saturated heterocycles. The van der Waals surface area contributed by atoms with Crippen molar-refractivity contribution in [3.8, 4) is 11.5 Å². The number of carbonyl (C=O) groups is 2. The molecule has 0 saturated carbocycles. The van der Waals surface area contributed by atoms with Gasteiger partial charge in [0.1, 0.15) is 17.6 Å². The first-order chi connectivity index (χ1) is 11.6. The van der Waals surface area contributed by atoms with Crippen molar-refractivity contribution in [2.45, 2.75) is 18.4 Å². The third-order valence-electron chi connectivity index (χ3n) is 4.16. The van der Waals surface area contributed by atoms with Crippen LogP contribution in [0.15, 0.2) is 48.5 Å². The van der Waals surface area contributed by atoms with Gasteiger partial charge in [-0.15, -0.1) is 0 Å². The Morgan fingerprint density at radius 2 is 1.75 bits per heavy atom. The summed E-state index contributed by atoms with van der Waals surface area (Å²) in [6.07, 6.45) is -0.540. The second kappa shape index (κ2) is 6.74. The van der Waals surface area contributed by atoms with Gasteiger partial charge in [-0.05, 0) is 30.3 Å². The van der Waals surface area contributed by atoms with Gasteiger partial charge in [-0.3, -0.25) is 9.59 Å². The highest BCUT2D eigenvalue weighted by atomic mass is 16.5. The van der Waals surface area contributed by atoms with E-state index in [0.29, 0.717) is 17.1 Å². The predicted octanol–water partition coefficient (Wildman–Crippen LogP) is 2.99. The van der Waals surface area contributed by atoms with Gasteiger partial charge in [0, 0.05) is 11.1 Å². The molecule has 5 heteroatoms. The van der Waals surface area contributed by atoms with Gasteiger partial charge in [-0.1, -0.05) is 18.2 Å². The van der Waals surface area contributed by atoms with E-state index in [1.54, 1.807) is 37.4 Å². The van der Waals surface area contributed by atoms with Crippen LogP contribution in [0.4, 0.5) is 0 Å². The van der Waals surface area contributed by atoms with Gasteiger partial charge < -0.3 is 14.2 Å². The summed E-state index contributed by atoms with van der Waals surface area (Å²) in [5.41, 5.74) is 1.35. The highest BCUT2D eigenvalue weighted by Crippen LogP contribution is 2.41. The smallest absolute Gasteiger partial charge is 0.309 e. The lowest BCUT2D eigenvalue weighted by atomic mass is 9.86. The van der Waals surface area contributed by atoms with E-state index in [2.05, 4.69) is 0 Å². The molecular weight excluding hydrogens is 308 g/mol. The molecule has 0 radical (unpaired) electrons. The van der Waals surface area contributed by atoms with Crippen LogP contribution >= 0.6 is 0 Å². The number of benzene rings is 2. The Morgan fingerprint density at radius 1 is 1.04 bits per heavy atom. The van der Waals surface area contributed by atoms with E-state index in [1.165, 1.54) is 7.11 Å². The van der Waals surface area contributed by atoms with E-state index in [4.69, 9.17) is 14.2 Å². The summed E-state index contributed by atoms with van der Waals surface area (Å²) < 4.78 is 15.7. The highest BCUT2D eigenvalue weighted by Gasteiger charge is 2.40. The molecular formula is C19H18O5. The molecule has 3 rings (SSSR count). The topological polar surface area (TPSA) is 61.8 Å². The number of carbonyl (C=O) groups excluding carboxylic acids is 2. The Hall–Kier alpha value is -2.82. The van der Waals surface area contributed by atoms with Crippen LogP contribution in [0.25, 0.3) is 0 Å². The van der Waals surface area contributed by atoms with Crippen molar-refractivity contribution < 1.29 is 23.8 Å². The Labute approximate surface area is 140 Å². The van der Waals surface area contributed by atoms with Crippen molar-refractivity contribution in [3.63, 3.8) is 0 Å². The second-order valence-electron chi connectivity index (χ2n) is 5.54. The molecule has 0 aliphatic carbocycles. The van der Waals surface area contributed by atoms with Crippen molar-refractivity contribution in [1.82, 2.24) is 0 Å². The maximum atomic E-state index is 13.0. The fraction of sp³-hybridized carbons (Fsp3) is 0.263. The standard InChI is InChI=1S/C19H18O5/c1-22-13-9-7-12(8-10-13)19(21)18-14-5-3-4-6-15(14)24-16(18)11-17(20)23-2/h3-10,16,18H,11H2,1-2H3. The lowest BCUT2D eigenvalue weighted by Crippen LogP contribution is -2.28. The first-order valence-electron chi connectivity index (χ1n) is 7.64. The molecule has 0 N–H and O–H groups in total. The molecule has 0 spiro atoms. The summed E-state index contributed by atoms with van der Waals surface area (Å²) in [6.45, 7) is 0. The molecule has 2 aromatic carbocycles. The van der Waals surface area contributed by atoms with E-state index in [1.807, 2.05) is 18.2 Å². The van der Waals surface area contributed by atoms with Crippen molar-refractivity contribution in [2.75, 3.05) is 14.2 Å². The molecule has 2 aromatic rings. The third-order valence-corrected chi connectivity index (χ3v) is 4.16. The lowest BCUT2D eigenvalue weighted by Gasteiger charge is -2.17. The second-order valence-corrected chi connectivity index (χ2v) is 5.54. The Bertz CT molecular complexity index is 751. The van der Waals surface area contributed by atoms with E-state index in [0.717, 1.165) is 5.56 Å². The molecule has 2 atom stereocenters. The van der Waals surface area contributed by atoms with E-state index in [-0.39, 0.29) is 12.2 Å². The minimum atomic E-state index is -0.565. The number of Topliss-reactive ketones (excluding diaryl/α,β-unsaturated/α-hetero) is 1. The van der Waals surface area contributed by atoms with E-state index < -0.39 is 18.0 Å². The van der Waals surface area contributed by atoms with Gasteiger partial charge in [0.05, 0.1) is 26.6 Å². The van der Waals surface area contributed by atoms with Crippen LogP contribution in [0, 0.1) is 0 Å². The fourth-order valence-electron chi connectivity index (χ4n) is 2.93. The van der Waals surface area contributed by atoms with Crippen molar-refractivity contribution >= 4 is 11.8 Å². The number of fused-ring (bicyclic) bond motifs is 1. The summed E-state index contributed by atoms with van der Waals surface area (Å²) >= 11 is 0. The molecule has 1 aliphatic rings. The summed E-state index contributed by atoms with van der Waals surface area (Å²) in [7, 11) is 2.90. The van der Waals surface area contributed by atoms with E-state index >= 15 is 0 Å². The predicted molar refractivity (Wildman–Crippen MR) is 87.6 cm³/mol. The number of hydrogen-bond donors (Lipinski definition) is 0. The van der Waals surface area contributed by atoms with Crippen LogP contribution in [0.3, 0.4) is 0 Å². The number of rotatable bonds is 5. The maximum absolute atomic E-state index is 13.0. The number of para-hydroxylation sites is 1. The molecule has 0 aromatic heterocycles. The number of ketones is 1. The van der Waals surface area contributed by atoms with Gasteiger partial charge in [0.15, 0.2) is 5.78 Å². The van der Waals surface area contributed by atoms with Gasteiger partial charge in [-0.25, -0.2) is 0 Å². The minimum absolute atomic E-state index is 0.0255. The molecule has 0 bridgehead atoms. The number of methoxy groups -OCH3 is 2. The molecule has 0 fully saturated rings. The highest BCUT2D eigenvalue weighted by molar-refractivity contribution is 6.02. The Morgan fingerprint density at radius 3 is 2.42 bits per heavy atom. The SMILES string of the molecule is COC(=O)CC1Oc2ccccc2C1C(=O)c1ccc(OC)cc1. The third kappa shape index (κ3) is 2.97. The van der Waals surface area contributed by atoms with Gasteiger partial charge in [0.25, 0.3) is 0 Å². The number of hydrogen-bond acceptors (Lipinski definition) is 5. The molecule has 24 heavy (non-hydrogen) atoms. The Kier molecular flexibility index (Phi) is 4.51.